The smallest absolute Gasteiger partial charge is 0.309 e. The molecule has 3 aliphatic heterocycles. The van der Waals surface area contributed by atoms with Crippen LogP contribution in [0.5, 0.6) is 0 Å². The summed E-state index contributed by atoms with van der Waals surface area (Å²) in [7, 11) is 5.35. The third kappa shape index (κ3) is 12.4. The number of cyclic esters (lactones) is 1. The molecule has 0 bridgehead atoms. The molecule has 0 spiro atoms. The lowest BCUT2D eigenvalue weighted by atomic mass is 9.68. The van der Waals surface area contributed by atoms with E-state index in [0.29, 0.717) is 32.5 Å². The summed E-state index contributed by atoms with van der Waals surface area (Å²) >= 11 is 0. The van der Waals surface area contributed by atoms with Gasteiger partial charge in [0.05, 0.1) is 60.1 Å². The molecule has 69 heavy (non-hydrogen) atoms. The van der Waals surface area contributed by atoms with Gasteiger partial charge in [-0.1, -0.05) is 45.0 Å². The second-order valence-electron chi connectivity index (χ2n) is 21.6. The summed E-state index contributed by atoms with van der Waals surface area (Å²) in [6.45, 7) is 19.6. The highest BCUT2D eigenvalue weighted by Gasteiger charge is 2.55. The molecule has 3 saturated heterocycles. The molecule has 5 heterocycles. The molecule has 0 saturated carbocycles. The summed E-state index contributed by atoms with van der Waals surface area (Å²) in [5.74, 6) is -3.10. The van der Waals surface area contributed by atoms with Gasteiger partial charge in [0.2, 0.25) is 0 Å². The fourth-order valence-corrected chi connectivity index (χ4v) is 11.6. The van der Waals surface area contributed by atoms with E-state index in [4.69, 9.17) is 23.7 Å². The quantitative estimate of drug-likeness (QED) is 0.164. The molecule has 0 radical (unpaired) electrons. The number of esters is 1. The summed E-state index contributed by atoms with van der Waals surface area (Å²) in [5, 5.41) is 68.9. The number of rotatable bonds is 12. The lowest BCUT2D eigenvalue weighted by molar-refractivity contribution is -0.302. The Labute approximate surface area is 409 Å². The first-order chi connectivity index (χ1) is 32.4. The van der Waals surface area contributed by atoms with Crippen molar-refractivity contribution in [3.63, 3.8) is 0 Å². The Kier molecular flexibility index (Phi) is 18.0. The second kappa shape index (κ2) is 22.6. The largest absolute Gasteiger partial charge is 0.459 e. The van der Waals surface area contributed by atoms with Crippen LogP contribution in [0.4, 0.5) is 0 Å². The number of imidazole rings is 1. The number of aliphatic hydroxyl groups excluding tert-OH is 3. The number of nitrogens with zero attached hydrogens (tertiary/aromatic N) is 7. The maximum absolute atomic E-state index is 14.6. The summed E-state index contributed by atoms with van der Waals surface area (Å²) in [4.78, 5) is 22.8. The van der Waals surface area contributed by atoms with Gasteiger partial charge in [-0.3, -0.25) is 4.79 Å². The average Bonchev–Trinajstić information content (AvgIpc) is 4.01. The van der Waals surface area contributed by atoms with Crippen molar-refractivity contribution in [3.8, 4) is 5.69 Å². The average molecular weight is 970 g/mol. The van der Waals surface area contributed by atoms with Crippen molar-refractivity contribution < 1.29 is 54.0 Å². The van der Waals surface area contributed by atoms with E-state index in [1.54, 1.807) is 40.2 Å². The second-order valence-corrected chi connectivity index (χ2v) is 21.6. The van der Waals surface area contributed by atoms with Crippen molar-refractivity contribution in [2.75, 3.05) is 34.3 Å². The monoisotopic (exact) mass is 970 g/mol. The van der Waals surface area contributed by atoms with Crippen molar-refractivity contribution in [2.24, 2.45) is 23.7 Å². The third-order valence-corrected chi connectivity index (χ3v) is 15.9. The Bertz CT molecular complexity index is 2070. The summed E-state index contributed by atoms with van der Waals surface area (Å²) in [6.07, 6.45) is 0.703. The molecule has 3 aromatic rings. The van der Waals surface area contributed by atoms with Crippen LogP contribution in [0.2, 0.25) is 0 Å². The first-order valence-corrected chi connectivity index (χ1v) is 25.0. The van der Waals surface area contributed by atoms with Gasteiger partial charge in [-0.2, -0.15) is 0 Å². The van der Waals surface area contributed by atoms with E-state index in [9.17, 15) is 30.3 Å². The van der Waals surface area contributed by atoms with Gasteiger partial charge in [-0.05, 0) is 104 Å². The molecule has 5 N–H and O–H groups in total. The predicted octanol–water partition coefficient (Wildman–Crippen LogP) is 3.61. The van der Waals surface area contributed by atoms with Crippen molar-refractivity contribution in [3.05, 3.63) is 60.4 Å². The number of ether oxygens (including phenoxy) is 5. The highest BCUT2D eigenvalue weighted by Crippen LogP contribution is 2.45. The first-order valence-electron chi connectivity index (χ1n) is 25.0. The SMILES string of the molecule is CC[C@H]1OC(=O)[C@H](C)C([C@H]2C[C@@](C)(OC)[C@@H](O)[C@H](C)O2)[C@H](C)[C@@H](O[C@@H]2O[C@H](C)C[C@H](N(C)CCc3cn(Cc4ccc(-n5ccnc5)cc4)nn3)[C@H]2O)[C@](C)(O)C[C@@H](C)CN(C)[C@H](C)[C@@H](O)[C@]1(C)O. The van der Waals surface area contributed by atoms with Gasteiger partial charge >= 0.3 is 5.97 Å². The number of hydrogen-bond donors (Lipinski definition) is 5. The van der Waals surface area contributed by atoms with Gasteiger partial charge in [0.15, 0.2) is 6.29 Å². The molecule has 18 nitrogen and oxygen atoms in total. The van der Waals surface area contributed by atoms with Gasteiger partial charge in [0.1, 0.15) is 30.0 Å². The van der Waals surface area contributed by atoms with Crippen molar-refractivity contribution >= 4 is 5.97 Å². The highest BCUT2D eigenvalue weighted by atomic mass is 16.7. The van der Waals surface area contributed by atoms with E-state index < -0.39 is 95.6 Å². The number of carbonyl (C=O) groups excluding carboxylic acids is 1. The van der Waals surface area contributed by atoms with Crippen molar-refractivity contribution in [1.82, 2.24) is 34.3 Å². The fourth-order valence-electron chi connectivity index (χ4n) is 11.6. The molecule has 18 heteroatoms. The molecule has 388 valence electrons. The minimum Gasteiger partial charge on any atom is -0.459 e. The van der Waals surface area contributed by atoms with Crippen LogP contribution in [0.25, 0.3) is 5.69 Å². The molecular weight excluding hydrogens is 887 g/mol. The Morgan fingerprint density at radius 3 is 2.30 bits per heavy atom. The van der Waals surface area contributed by atoms with E-state index in [1.165, 1.54) is 14.0 Å². The Morgan fingerprint density at radius 1 is 0.971 bits per heavy atom. The van der Waals surface area contributed by atoms with E-state index in [0.717, 1.165) is 16.9 Å². The highest BCUT2D eigenvalue weighted by molar-refractivity contribution is 5.73. The van der Waals surface area contributed by atoms with Crippen molar-refractivity contribution in [1.29, 1.82) is 0 Å². The molecule has 3 aliphatic rings. The van der Waals surface area contributed by atoms with Crippen LogP contribution in [-0.4, -0.2) is 184 Å². The van der Waals surface area contributed by atoms with Crippen LogP contribution in [-0.2, 0) is 41.4 Å². The zero-order chi connectivity index (χ0) is 50.7. The molecule has 0 amide bonds. The Hall–Kier alpha value is -3.40. The van der Waals surface area contributed by atoms with Gasteiger partial charge in [0, 0.05) is 75.3 Å². The third-order valence-electron chi connectivity index (χ3n) is 15.9. The number of aromatic nitrogens is 5. The van der Waals surface area contributed by atoms with Gasteiger partial charge in [-0.25, -0.2) is 9.67 Å². The standard InChI is InChI=1S/C51H83N7O11/c1-14-41-51(10,64)44(60)34(6)56(12)26-30(2)24-49(8,63)46(32(4)42(33(5)47(62)68-41)40-25-50(9,65-13)45(61)35(7)67-40)69-48-43(59)39(23-31(3)66-48)55(11)21-19-37-28-58(54-53-37)27-36-15-17-38(18-16-36)57-22-20-52-29-57/h15-18,20,22,28-35,39-46,48,59-61,63-64H,14,19,21,23-27H2,1-13H3/t30-,31-,32+,33-,34-,35+,39+,40-,41-,42?,43-,44-,45+,46-,48+,49-,50-,51-/m1/s1. The van der Waals surface area contributed by atoms with E-state index in [2.05, 4.69) is 32.3 Å². The first kappa shape index (κ1) is 54.9. The zero-order valence-corrected chi connectivity index (χ0v) is 43.3. The number of hydrogen-bond acceptors (Lipinski definition) is 16. The molecule has 18 atom stereocenters. The summed E-state index contributed by atoms with van der Waals surface area (Å²) < 4.78 is 36.0. The van der Waals surface area contributed by atoms with Gasteiger partial charge in [0.25, 0.3) is 0 Å². The van der Waals surface area contributed by atoms with Gasteiger partial charge in [-0.15, -0.1) is 5.10 Å². The molecular formula is C51H83N7O11. The van der Waals surface area contributed by atoms with Crippen LogP contribution >= 0.6 is 0 Å². The van der Waals surface area contributed by atoms with Crippen LogP contribution in [0, 0.1) is 23.7 Å². The number of likely N-dealkylation sites (N-methyl/N-ethyl adjacent to an activating group) is 2. The number of carbonyl (C=O) groups is 1. The molecule has 3 fully saturated rings. The summed E-state index contributed by atoms with van der Waals surface area (Å²) in [5.41, 5.74) is -1.52. The fraction of sp³-hybridized carbons (Fsp3) is 0.765. The Morgan fingerprint density at radius 2 is 1.67 bits per heavy atom. The van der Waals surface area contributed by atoms with E-state index in [-0.39, 0.29) is 37.3 Å². The predicted molar refractivity (Wildman–Crippen MR) is 258 cm³/mol. The van der Waals surface area contributed by atoms with Crippen molar-refractivity contribution in [2.45, 2.75) is 192 Å². The Balaban J connectivity index is 1.27. The molecule has 1 aromatic carbocycles. The van der Waals surface area contributed by atoms with Crippen LogP contribution < -0.4 is 0 Å². The number of benzene rings is 1. The van der Waals surface area contributed by atoms with Crippen LogP contribution in [0.1, 0.15) is 106 Å². The normalized spacial score (nSPS) is 40.3. The minimum absolute atomic E-state index is 0.164. The van der Waals surface area contributed by atoms with E-state index >= 15 is 0 Å². The summed E-state index contributed by atoms with van der Waals surface area (Å²) in [6, 6.07) is 7.26. The molecule has 2 aromatic heterocycles. The number of aliphatic hydroxyl groups is 5. The molecule has 1 unspecified atom stereocenters. The lowest BCUT2D eigenvalue weighted by Crippen LogP contribution is -2.62. The van der Waals surface area contributed by atoms with Gasteiger partial charge < -0.3 is 63.6 Å². The molecule has 0 aliphatic carbocycles. The maximum Gasteiger partial charge on any atom is 0.309 e. The van der Waals surface area contributed by atoms with Crippen LogP contribution in [0.15, 0.2) is 49.2 Å². The topological polar surface area (TPSA) is 219 Å². The zero-order valence-electron chi connectivity index (χ0n) is 43.3. The number of methoxy groups -OCH3 is 1. The molecule has 6 rings (SSSR count). The van der Waals surface area contributed by atoms with Crippen LogP contribution in [0.3, 0.4) is 0 Å². The minimum atomic E-state index is -1.81. The van der Waals surface area contributed by atoms with E-state index in [1.807, 2.05) is 87.4 Å². The lowest BCUT2D eigenvalue weighted by Gasteiger charge is -2.51. The maximum atomic E-state index is 14.6.